The molecule has 1 aromatic rings. The van der Waals surface area contributed by atoms with E-state index in [9.17, 15) is 5.11 Å². The molecule has 1 aliphatic heterocycles. The predicted molar refractivity (Wildman–Crippen MR) is 77.0 cm³/mol. The zero-order valence-corrected chi connectivity index (χ0v) is 12.5. The summed E-state index contributed by atoms with van der Waals surface area (Å²) in [5, 5.41) is 10.4. The predicted octanol–water partition coefficient (Wildman–Crippen LogP) is 2.31. The molecule has 4 nitrogen and oxygen atoms in total. The number of hydrogen-bond donors (Lipinski definition) is 1. The van der Waals surface area contributed by atoms with Crippen LogP contribution in [0.5, 0.6) is 5.75 Å². The lowest BCUT2D eigenvalue weighted by Crippen LogP contribution is -2.32. The smallest absolute Gasteiger partial charge is 0.159 e. The summed E-state index contributed by atoms with van der Waals surface area (Å²) in [5.41, 5.74) is 1.71. The van der Waals surface area contributed by atoms with Crippen molar-refractivity contribution in [2.75, 3.05) is 20.8 Å². The summed E-state index contributed by atoms with van der Waals surface area (Å²) in [4.78, 5) is 0. The minimum atomic E-state index is -0.799. The number of hydrogen-bond acceptors (Lipinski definition) is 4. The fourth-order valence-corrected chi connectivity index (χ4v) is 2.53. The summed E-state index contributed by atoms with van der Waals surface area (Å²) >= 11 is 0. The first-order chi connectivity index (χ1) is 9.54. The van der Waals surface area contributed by atoms with Crippen molar-refractivity contribution < 1.29 is 19.3 Å². The average molecular weight is 280 g/mol. The van der Waals surface area contributed by atoms with Gasteiger partial charge in [-0.2, -0.15) is 0 Å². The van der Waals surface area contributed by atoms with Gasteiger partial charge in [0.05, 0.1) is 12.2 Å². The number of aryl methyl sites for hydroxylation is 1. The van der Waals surface area contributed by atoms with E-state index in [4.69, 9.17) is 14.2 Å². The van der Waals surface area contributed by atoms with Gasteiger partial charge in [0.2, 0.25) is 0 Å². The monoisotopic (exact) mass is 280 g/mol. The number of ether oxygens (including phenoxy) is 3. The second kappa shape index (κ2) is 6.57. The van der Waals surface area contributed by atoms with Crippen molar-refractivity contribution >= 4 is 0 Å². The molecule has 0 saturated heterocycles. The topological polar surface area (TPSA) is 47.9 Å². The van der Waals surface area contributed by atoms with Crippen LogP contribution >= 0.6 is 0 Å². The molecule has 2 rings (SSSR count). The van der Waals surface area contributed by atoms with E-state index >= 15 is 0 Å². The molecule has 1 N–H and O–H groups in total. The summed E-state index contributed by atoms with van der Waals surface area (Å²) in [5.74, 6) is 0.999. The van der Waals surface area contributed by atoms with Crippen molar-refractivity contribution in [1.82, 2.24) is 0 Å². The maximum Gasteiger partial charge on any atom is 0.159 e. The van der Waals surface area contributed by atoms with Gasteiger partial charge in [-0.1, -0.05) is 12.1 Å². The molecular formula is C16H24O4. The van der Waals surface area contributed by atoms with Crippen molar-refractivity contribution in [1.29, 1.82) is 0 Å². The summed E-state index contributed by atoms with van der Waals surface area (Å²) in [7, 11) is 3.18. The molecule has 0 saturated carbocycles. The molecule has 1 heterocycles. The van der Waals surface area contributed by atoms with E-state index in [-0.39, 0.29) is 6.29 Å². The van der Waals surface area contributed by atoms with Crippen molar-refractivity contribution in [2.24, 2.45) is 0 Å². The Morgan fingerprint density at radius 2 is 2.10 bits per heavy atom. The van der Waals surface area contributed by atoms with Gasteiger partial charge >= 0.3 is 0 Å². The number of methoxy groups -OCH3 is 2. The minimum Gasteiger partial charge on any atom is -0.493 e. The van der Waals surface area contributed by atoms with Crippen LogP contribution in [0.1, 0.15) is 30.9 Å². The van der Waals surface area contributed by atoms with E-state index in [0.29, 0.717) is 12.8 Å². The van der Waals surface area contributed by atoms with Crippen LogP contribution in [0, 0.1) is 0 Å². The van der Waals surface area contributed by atoms with E-state index in [0.717, 1.165) is 25.2 Å². The van der Waals surface area contributed by atoms with Gasteiger partial charge in [-0.05, 0) is 37.0 Å². The lowest BCUT2D eigenvalue weighted by atomic mass is 9.92. The molecule has 0 radical (unpaired) electrons. The zero-order chi connectivity index (χ0) is 14.6. The molecule has 0 aromatic heterocycles. The third-order valence-electron chi connectivity index (χ3n) is 3.84. The number of benzene rings is 1. The molecule has 1 unspecified atom stereocenters. The van der Waals surface area contributed by atoms with Crippen LogP contribution in [-0.4, -0.2) is 37.8 Å². The van der Waals surface area contributed by atoms with E-state index in [1.807, 2.05) is 13.0 Å². The molecule has 1 atom stereocenters. The van der Waals surface area contributed by atoms with Crippen LogP contribution in [0.3, 0.4) is 0 Å². The highest BCUT2D eigenvalue weighted by Crippen LogP contribution is 2.27. The Labute approximate surface area is 120 Å². The molecule has 0 amide bonds. The highest BCUT2D eigenvalue weighted by Gasteiger charge is 2.25. The Morgan fingerprint density at radius 3 is 2.80 bits per heavy atom. The van der Waals surface area contributed by atoms with Crippen molar-refractivity contribution in [3.8, 4) is 5.75 Å². The molecule has 0 fully saturated rings. The van der Waals surface area contributed by atoms with Crippen LogP contribution in [0.2, 0.25) is 0 Å². The van der Waals surface area contributed by atoms with Gasteiger partial charge in [0.1, 0.15) is 5.75 Å². The summed E-state index contributed by atoms with van der Waals surface area (Å²) in [6.45, 7) is 2.61. The van der Waals surface area contributed by atoms with Crippen LogP contribution in [0.25, 0.3) is 0 Å². The van der Waals surface area contributed by atoms with Crippen molar-refractivity contribution in [3.63, 3.8) is 0 Å². The number of fused-ring (bicyclic) bond motifs is 1. The quantitative estimate of drug-likeness (QED) is 0.779. The van der Waals surface area contributed by atoms with Crippen LogP contribution in [0.4, 0.5) is 0 Å². The second-order valence-electron chi connectivity index (χ2n) is 5.64. The highest BCUT2D eigenvalue weighted by molar-refractivity contribution is 5.39. The SMILES string of the molecule is COC(CC(C)(O)CCc1ccc2c(c1)CCO2)OC. The van der Waals surface area contributed by atoms with Gasteiger partial charge in [-0.3, -0.25) is 0 Å². The van der Waals surface area contributed by atoms with E-state index in [1.165, 1.54) is 11.1 Å². The standard InChI is InChI=1S/C16H24O4/c1-16(17,11-15(18-2)19-3)8-6-12-4-5-14-13(10-12)7-9-20-14/h4-5,10,15,17H,6-9,11H2,1-3H3. The van der Waals surface area contributed by atoms with Crippen LogP contribution in [0.15, 0.2) is 18.2 Å². The molecule has 20 heavy (non-hydrogen) atoms. The lowest BCUT2D eigenvalue weighted by Gasteiger charge is -2.27. The van der Waals surface area contributed by atoms with Crippen LogP contribution < -0.4 is 4.74 Å². The third-order valence-corrected chi connectivity index (χ3v) is 3.84. The van der Waals surface area contributed by atoms with Gasteiger partial charge in [0, 0.05) is 27.1 Å². The fraction of sp³-hybridized carbons (Fsp3) is 0.625. The Morgan fingerprint density at radius 1 is 1.35 bits per heavy atom. The first-order valence-corrected chi connectivity index (χ1v) is 7.06. The summed E-state index contributed by atoms with van der Waals surface area (Å²) < 4.78 is 15.8. The second-order valence-corrected chi connectivity index (χ2v) is 5.64. The van der Waals surface area contributed by atoms with Crippen molar-refractivity contribution in [3.05, 3.63) is 29.3 Å². The van der Waals surface area contributed by atoms with E-state index < -0.39 is 5.60 Å². The third kappa shape index (κ3) is 3.95. The maximum absolute atomic E-state index is 10.4. The maximum atomic E-state index is 10.4. The van der Waals surface area contributed by atoms with Gasteiger partial charge in [-0.15, -0.1) is 0 Å². The van der Waals surface area contributed by atoms with E-state index in [1.54, 1.807) is 14.2 Å². The fourth-order valence-electron chi connectivity index (χ4n) is 2.53. The van der Waals surface area contributed by atoms with Crippen molar-refractivity contribution in [2.45, 2.75) is 44.5 Å². The number of rotatable bonds is 7. The normalized spacial score (nSPS) is 16.9. The molecule has 0 spiro atoms. The Kier molecular flexibility index (Phi) is 5.02. The Balaban J connectivity index is 1.90. The van der Waals surface area contributed by atoms with E-state index in [2.05, 4.69) is 12.1 Å². The number of aliphatic hydroxyl groups is 1. The molecule has 1 aromatic carbocycles. The molecule has 4 heteroatoms. The molecule has 112 valence electrons. The molecule has 0 bridgehead atoms. The molecule has 0 aliphatic carbocycles. The molecular weight excluding hydrogens is 256 g/mol. The Bertz CT molecular complexity index is 438. The van der Waals surface area contributed by atoms with Gasteiger partial charge < -0.3 is 19.3 Å². The lowest BCUT2D eigenvalue weighted by molar-refractivity contribution is -0.141. The highest BCUT2D eigenvalue weighted by atomic mass is 16.7. The minimum absolute atomic E-state index is 0.363. The summed E-state index contributed by atoms with van der Waals surface area (Å²) in [6, 6.07) is 6.28. The average Bonchev–Trinajstić information content (AvgIpc) is 2.90. The van der Waals surface area contributed by atoms with Gasteiger partial charge in [0.15, 0.2) is 6.29 Å². The molecule has 1 aliphatic rings. The van der Waals surface area contributed by atoms with Gasteiger partial charge in [0.25, 0.3) is 0 Å². The summed E-state index contributed by atoms with van der Waals surface area (Å²) in [6.07, 6.45) is 2.60. The zero-order valence-electron chi connectivity index (χ0n) is 12.5. The largest absolute Gasteiger partial charge is 0.493 e. The van der Waals surface area contributed by atoms with Crippen LogP contribution in [-0.2, 0) is 22.3 Å². The van der Waals surface area contributed by atoms with Gasteiger partial charge in [-0.25, -0.2) is 0 Å². The Hall–Kier alpha value is -1.10. The first-order valence-electron chi connectivity index (χ1n) is 7.06. The first kappa shape index (κ1) is 15.3.